The Hall–Kier alpha value is -1.36. The van der Waals surface area contributed by atoms with Crippen molar-refractivity contribution < 1.29 is 4.79 Å². The van der Waals surface area contributed by atoms with Crippen LogP contribution in [0.1, 0.15) is 50.6 Å². The van der Waals surface area contributed by atoms with Crippen molar-refractivity contribution in [3.8, 4) is 0 Å². The maximum absolute atomic E-state index is 12.0. The minimum absolute atomic E-state index is 0.0603. The fourth-order valence-electron chi connectivity index (χ4n) is 2.29. The number of nitrogens with zero attached hydrogens (tertiary/aromatic N) is 2. The van der Waals surface area contributed by atoms with Crippen molar-refractivity contribution in [1.29, 1.82) is 0 Å². The van der Waals surface area contributed by atoms with E-state index in [0.717, 1.165) is 24.2 Å². The van der Waals surface area contributed by atoms with Gasteiger partial charge >= 0.3 is 0 Å². The number of aromatic nitrogens is 2. The normalized spacial score (nSPS) is 14.1. The molecule has 0 aliphatic heterocycles. The molecule has 2 atom stereocenters. The van der Waals surface area contributed by atoms with Gasteiger partial charge in [-0.25, -0.2) is 0 Å². The molecule has 1 rings (SSSR count). The molecule has 5 heteroatoms. The Morgan fingerprint density at radius 2 is 2.00 bits per heavy atom. The van der Waals surface area contributed by atoms with Crippen LogP contribution in [0.15, 0.2) is 0 Å². The lowest BCUT2D eigenvalue weighted by molar-refractivity contribution is -0.123. The summed E-state index contributed by atoms with van der Waals surface area (Å²) in [6, 6.07) is 0.0342. The lowest BCUT2D eigenvalue weighted by Gasteiger charge is -2.18. The van der Waals surface area contributed by atoms with E-state index < -0.39 is 0 Å². The number of nitrogens with one attached hydrogen (secondary N) is 2. The van der Waals surface area contributed by atoms with Gasteiger partial charge in [0.2, 0.25) is 5.91 Å². The summed E-state index contributed by atoms with van der Waals surface area (Å²) in [5, 5.41) is 10.7. The van der Waals surface area contributed by atoms with Crippen LogP contribution in [0.5, 0.6) is 0 Å². The van der Waals surface area contributed by atoms with Crippen LogP contribution in [0.2, 0.25) is 0 Å². The largest absolute Gasteiger partial charge is 0.352 e. The van der Waals surface area contributed by atoms with Crippen molar-refractivity contribution in [3.05, 3.63) is 17.0 Å². The summed E-state index contributed by atoms with van der Waals surface area (Å²) < 4.78 is 1.88. The van der Waals surface area contributed by atoms with Crippen molar-refractivity contribution in [2.75, 3.05) is 0 Å². The second-order valence-electron chi connectivity index (χ2n) is 5.57. The van der Waals surface area contributed by atoms with Gasteiger partial charge in [0.25, 0.3) is 0 Å². The quantitative estimate of drug-likeness (QED) is 0.801. The van der Waals surface area contributed by atoms with Gasteiger partial charge < -0.3 is 10.6 Å². The van der Waals surface area contributed by atoms with Crippen molar-refractivity contribution in [1.82, 2.24) is 20.4 Å². The Morgan fingerprint density at radius 3 is 2.50 bits per heavy atom. The maximum Gasteiger partial charge on any atom is 0.237 e. The van der Waals surface area contributed by atoms with Gasteiger partial charge in [-0.15, -0.1) is 0 Å². The average Bonchev–Trinajstić information content (AvgIpc) is 2.61. The van der Waals surface area contributed by atoms with Crippen LogP contribution in [0.3, 0.4) is 0 Å². The molecular formula is C15H28N4O. The Bertz CT molecular complexity index is 453. The van der Waals surface area contributed by atoms with E-state index in [1.165, 1.54) is 5.56 Å². The smallest absolute Gasteiger partial charge is 0.237 e. The molecule has 5 nitrogen and oxygen atoms in total. The number of hydrogen-bond donors (Lipinski definition) is 2. The lowest BCUT2D eigenvalue weighted by atomic mass is 10.1. The minimum Gasteiger partial charge on any atom is -0.352 e. The maximum atomic E-state index is 12.0. The number of carbonyl (C=O) groups is 1. The molecule has 1 aromatic rings. The Labute approximate surface area is 122 Å². The Kier molecular flexibility index (Phi) is 6.20. The summed E-state index contributed by atoms with van der Waals surface area (Å²) >= 11 is 0. The second-order valence-corrected chi connectivity index (χ2v) is 5.57. The van der Waals surface area contributed by atoms with Crippen molar-refractivity contribution in [2.24, 2.45) is 7.05 Å². The van der Waals surface area contributed by atoms with E-state index in [0.29, 0.717) is 6.54 Å². The van der Waals surface area contributed by atoms with E-state index >= 15 is 0 Å². The number of aryl methyl sites for hydroxylation is 2. The van der Waals surface area contributed by atoms with Gasteiger partial charge in [-0.1, -0.05) is 13.3 Å². The summed E-state index contributed by atoms with van der Waals surface area (Å²) in [4.78, 5) is 12.0. The summed E-state index contributed by atoms with van der Waals surface area (Å²) in [5.74, 6) is 0.0603. The van der Waals surface area contributed by atoms with E-state index in [1.807, 2.05) is 39.4 Å². The molecule has 0 radical (unpaired) electrons. The van der Waals surface area contributed by atoms with Gasteiger partial charge in [-0.05, 0) is 34.1 Å². The van der Waals surface area contributed by atoms with Gasteiger partial charge in [0.05, 0.1) is 11.7 Å². The van der Waals surface area contributed by atoms with Crippen LogP contribution in [-0.2, 0) is 18.4 Å². The van der Waals surface area contributed by atoms with Gasteiger partial charge in [-0.2, -0.15) is 5.10 Å². The molecule has 1 aromatic heterocycles. The second kappa shape index (κ2) is 7.43. The number of carbonyl (C=O) groups excluding carboxylic acids is 1. The van der Waals surface area contributed by atoms with Crippen LogP contribution in [0, 0.1) is 13.8 Å². The van der Waals surface area contributed by atoms with Crippen LogP contribution in [-0.4, -0.2) is 27.8 Å². The van der Waals surface area contributed by atoms with E-state index in [4.69, 9.17) is 0 Å². The van der Waals surface area contributed by atoms with Gasteiger partial charge in [0.1, 0.15) is 0 Å². The Morgan fingerprint density at radius 1 is 1.35 bits per heavy atom. The first-order valence-corrected chi connectivity index (χ1v) is 7.39. The van der Waals surface area contributed by atoms with Gasteiger partial charge in [-0.3, -0.25) is 9.48 Å². The Balaban J connectivity index is 2.50. The molecule has 2 unspecified atom stereocenters. The molecular weight excluding hydrogens is 252 g/mol. The van der Waals surface area contributed by atoms with E-state index in [2.05, 4.69) is 22.7 Å². The number of rotatable bonds is 7. The van der Waals surface area contributed by atoms with Crippen LogP contribution < -0.4 is 10.6 Å². The predicted molar refractivity (Wildman–Crippen MR) is 81.5 cm³/mol. The zero-order chi connectivity index (χ0) is 15.3. The van der Waals surface area contributed by atoms with Crippen LogP contribution >= 0.6 is 0 Å². The minimum atomic E-state index is -0.201. The molecule has 1 heterocycles. The highest BCUT2D eigenvalue weighted by Gasteiger charge is 2.16. The molecule has 0 bridgehead atoms. The number of hydrogen-bond acceptors (Lipinski definition) is 3. The number of amides is 1. The van der Waals surface area contributed by atoms with E-state index in [9.17, 15) is 4.79 Å². The van der Waals surface area contributed by atoms with Gasteiger partial charge in [0, 0.05) is 30.9 Å². The first kappa shape index (κ1) is 16.7. The molecule has 0 aliphatic carbocycles. The van der Waals surface area contributed by atoms with Crippen LogP contribution in [0.25, 0.3) is 0 Å². The van der Waals surface area contributed by atoms with E-state index in [1.54, 1.807) is 0 Å². The molecule has 0 saturated heterocycles. The molecule has 2 N–H and O–H groups in total. The van der Waals surface area contributed by atoms with Crippen molar-refractivity contribution >= 4 is 5.91 Å². The molecule has 1 amide bonds. The topological polar surface area (TPSA) is 59.0 Å². The summed E-state index contributed by atoms with van der Waals surface area (Å²) in [5.41, 5.74) is 3.33. The monoisotopic (exact) mass is 280 g/mol. The zero-order valence-electron chi connectivity index (χ0n) is 13.6. The first-order valence-electron chi connectivity index (χ1n) is 7.39. The van der Waals surface area contributed by atoms with E-state index in [-0.39, 0.29) is 18.0 Å². The molecule has 0 spiro atoms. The highest BCUT2D eigenvalue weighted by Crippen LogP contribution is 2.11. The van der Waals surface area contributed by atoms with Crippen molar-refractivity contribution in [3.63, 3.8) is 0 Å². The third-order valence-electron chi connectivity index (χ3n) is 3.75. The molecule has 20 heavy (non-hydrogen) atoms. The van der Waals surface area contributed by atoms with Gasteiger partial charge in [0.15, 0.2) is 0 Å². The molecule has 114 valence electrons. The predicted octanol–water partition coefficient (Wildman–Crippen LogP) is 1.82. The molecule has 0 aromatic carbocycles. The molecule has 0 saturated carbocycles. The summed E-state index contributed by atoms with van der Waals surface area (Å²) in [7, 11) is 1.94. The third-order valence-corrected chi connectivity index (χ3v) is 3.75. The standard InChI is InChI=1S/C15H28N4O/c1-7-8-10(2)17-15(20)12(4)16-9-14-11(3)18-19(6)13(14)5/h10,12,16H,7-9H2,1-6H3,(H,17,20). The fraction of sp³-hybridized carbons (Fsp3) is 0.733. The lowest BCUT2D eigenvalue weighted by Crippen LogP contribution is -2.45. The summed E-state index contributed by atoms with van der Waals surface area (Å²) in [6.45, 7) is 10.8. The fourth-order valence-corrected chi connectivity index (χ4v) is 2.29. The first-order chi connectivity index (χ1) is 9.36. The van der Waals surface area contributed by atoms with Crippen molar-refractivity contribution in [2.45, 2.75) is 66.1 Å². The van der Waals surface area contributed by atoms with Crippen LogP contribution in [0.4, 0.5) is 0 Å². The highest BCUT2D eigenvalue weighted by atomic mass is 16.2. The SMILES string of the molecule is CCCC(C)NC(=O)C(C)NCc1c(C)nn(C)c1C. The molecule has 0 fully saturated rings. The zero-order valence-corrected chi connectivity index (χ0v) is 13.6. The highest BCUT2D eigenvalue weighted by molar-refractivity contribution is 5.81. The average molecular weight is 280 g/mol. The summed E-state index contributed by atoms with van der Waals surface area (Å²) in [6.07, 6.45) is 2.09. The third kappa shape index (κ3) is 4.34. The molecule has 0 aliphatic rings.